The van der Waals surface area contributed by atoms with Crippen LogP contribution < -0.4 is 0 Å². The average molecular weight is 192 g/mol. The monoisotopic (exact) mass is 192 g/mol. The van der Waals surface area contributed by atoms with Crippen molar-refractivity contribution < 1.29 is 9.90 Å². The summed E-state index contributed by atoms with van der Waals surface area (Å²) < 4.78 is 1.79. The van der Waals surface area contributed by atoms with Crippen LogP contribution in [-0.2, 0) is 5.54 Å². The molecule has 0 radical (unpaired) electrons. The fourth-order valence-corrected chi connectivity index (χ4v) is 2.57. The molecule has 0 atom stereocenters. The highest BCUT2D eigenvalue weighted by Crippen LogP contribution is 2.62. The van der Waals surface area contributed by atoms with Crippen molar-refractivity contribution >= 4 is 5.78 Å². The van der Waals surface area contributed by atoms with Crippen molar-refractivity contribution in [2.75, 3.05) is 0 Å². The van der Waals surface area contributed by atoms with Crippen molar-refractivity contribution in [1.82, 2.24) is 9.78 Å². The first-order chi connectivity index (χ1) is 6.61. The molecule has 4 nitrogen and oxygen atoms in total. The van der Waals surface area contributed by atoms with Crippen LogP contribution >= 0.6 is 0 Å². The average Bonchev–Trinajstić information content (AvgIpc) is 2.24. The first kappa shape index (κ1) is 8.03. The van der Waals surface area contributed by atoms with Crippen molar-refractivity contribution in [2.45, 2.75) is 31.7 Å². The van der Waals surface area contributed by atoms with Crippen LogP contribution in [0, 0.1) is 5.92 Å². The van der Waals surface area contributed by atoms with E-state index in [-0.39, 0.29) is 22.8 Å². The molecule has 4 heteroatoms. The van der Waals surface area contributed by atoms with E-state index in [0.717, 1.165) is 25.2 Å². The molecule has 0 aliphatic heterocycles. The predicted octanol–water partition coefficient (Wildman–Crippen LogP) is 1.30. The molecule has 1 N–H and O–H groups in total. The van der Waals surface area contributed by atoms with E-state index in [1.54, 1.807) is 10.9 Å². The number of hydrogen-bond donors (Lipinski definition) is 1. The second-order valence-electron chi connectivity index (χ2n) is 4.57. The molecule has 0 spiro atoms. The van der Waals surface area contributed by atoms with Gasteiger partial charge in [0, 0.05) is 6.92 Å². The lowest BCUT2D eigenvalue weighted by molar-refractivity contribution is -0.0979. The Kier molecular flexibility index (Phi) is 1.25. The summed E-state index contributed by atoms with van der Waals surface area (Å²) in [4.78, 5) is 11.1. The van der Waals surface area contributed by atoms with Gasteiger partial charge in [0.1, 0.15) is 0 Å². The maximum Gasteiger partial charge on any atom is 0.183 e. The molecule has 1 heterocycles. The topological polar surface area (TPSA) is 55.1 Å². The molecule has 14 heavy (non-hydrogen) atoms. The van der Waals surface area contributed by atoms with E-state index in [0.29, 0.717) is 0 Å². The number of ketones is 1. The van der Waals surface area contributed by atoms with Crippen LogP contribution in [0.2, 0.25) is 0 Å². The minimum Gasteiger partial charge on any atom is -0.504 e. The van der Waals surface area contributed by atoms with Crippen LogP contribution in [0.3, 0.4) is 0 Å². The van der Waals surface area contributed by atoms with Gasteiger partial charge in [-0.05, 0) is 25.2 Å². The van der Waals surface area contributed by atoms with Gasteiger partial charge in [0.25, 0.3) is 0 Å². The molecule has 0 unspecified atom stereocenters. The molecule has 74 valence electrons. The third kappa shape index (κ3) is 0.786. The maximum atomic E-state index is 11.1. The van der Waals surface area contributed by atoms with Crippen molar-refractivity contribution in [3.8, 4) is 5.75 Å². The molecular formula is C10H12N2O2. The fourth-order valence-electron chi connectivity index (χ4n) is 2.57. The van der Waals surface area contributed by atoms with Gasteiger partial charge in [-0.3, -0.25) is 9.48 Å². The SMILES string of the molecule is CC(=O)c1nn(C23CC(C2)C3)cc1O. The highest BCUT2D eigenvalue weighted by atomic mass is 16.3. The van der Waals surface area contributed by atoms with Gasteiger partial charge in [0.05, 0.1) is 11.7 Å². The Balaban J connectivity index is 1.99. The molecule has 3 aliphatic carbocycles. The molecule has 0 aromatic carbocycles. The normalized spacial score (nSPS) is 33.4. The Hall–Kier alpha value is -1.32. The molecule has 2 bridgehead atoms. The van der Waals surface area contributed by atoms with E-state index >= 15 is 0 Å². The van der Waals surface area contributed by atoms with Gasteiger partial charge in [0.15, 0.2) is 17.2 Å². The minimum atomic E-state index is -0.173. The molecular weight excluding hydrogens is 180 g/mol. The number of Topliss-reactive ketones (excluding diaryl/α,β-unsaturated/α-hetero) is 1. The standard InChI is InChI=1S/C10H12N2O2/c1-6(13)9-8(14)5-12(11-9)10-2-7(3-10)4-10/h5,7,14H,2-4H2,1H3. The van der Waals surface area contributed by atoms with Crippen molar-refractivity contribution in [3.63, 3.8) is 0 Å². The largest absolute Gasteiger partial charge is 0.504 e. The van der Waals surface area contributed by atoms with Crippen LogP contribution in [0.15, 0.2) is 6.20 Å². The number of carbonyl (C=O) groups excluding carboxylic acids is 1. The van der Waals surface area contributed by atoms with Gasteiger partial charge < -0.3 is 5.11 Å². The molecule has 0 amide bonds. The quantitative estimate of drug-likeness (QED) is 0.718. The Bertz CT molecular complexity index is 405. The summed E-state index contributed by atoms with van der Waals surface area (Å²) in [6, 6.07) is 0. The number of nitrogens with zero attached hydrogens (tertiary/aromatic N) is 2. The second-order valence-corrected chi connectivity index (χ2v) is 4.57. The van der Waals surface area contributed by atoms with Gasteiger partial charge in [-0.1, -0.05) is 0 Å². The smallest absolute Gasteiger partial charge is 0.183 e. The van der Waals surface area contributed by atoms with Crippen LogP contribution in [0.25, 0.3) is 0 Å². The van der Waals surface area contributed by atoms with Gasteiger partial charge in [0.2, 0.25) is 0 Å². The van der Waals surface area contributed by atoms with Gasteiger partial charge in [-0.25, -0.2) is 0 Å². The third-order valence-electron chi connectivity index (χ3n) is 3.52. The van der Waals surface area contributed by atoms with E-state index in [2.05, 4.69) is 5.10 Å². The zero-order valence-corrected chi connectivity index (χ0v) is 8.03. The maximum absolute atomic E-state index is 11.1. The van der Waals surface area contributed by atoms with Crippen LogP contribution in [0.4, 0.5) is 0 Å². The second kappa shape index (κ2) is 2.19. The van der Waals surface area contributed by atoms with E-state index in [1.807, 2.05) is 0 Å². The highest BCUT2D eigenvalue weighted by molar-refractivity contribution is 5.94. The lowest BCUT2D eigenvalue weighted by atomic mass is 9.50. The summed E-state index contributed by atoms with van der Waals surface area (Å²) in [5.41, 5.74) is 0.352. The number of aromatic nitrogens is 2. The Morgan fingerprint density at radius 2 is 2.29 bits per heavy atom. The van der Waals surface area contributed by atoms with Crippen LogP contribution in [0.5, 0.6) is 5.75 Å². The fraction of sp³-hybridized carbons (Fsp3) is 0.600. The van der Waals surface area contributed by atoms with E-state index in [4.69, 9.17) is 0 Å². The molecule has 1 aromatic rings. The molecule has 3 fully saturated rings. The Morgan fingerprint density at radius 3 is 2.64 bits per heavy atom. The van der Waals surface area contributed by atoms with Crippen molar-refractivity contribution in [2.24, 2.45) is 5.92 Å². The zero-order valence-electron chi connectivity index (χ0n) is 8.03. The van der Waals surface area contributed by atoms with E-state index in [1.165, 1.54) is 6.92 Å². The minimum absolute atomic E-state index is 0.0159. The Morgan fingerprint density at radius 1 is 1.64 bits per heavy atom. The summed E-state index contributed by atoms with van der Waals surface area (Å²) in [6.45, 7) is 1.43. The lowest BCUT2D eigenvalue weighted by Gasteiger charge is -2.61. The van der Waals surface area contributed by atoms with Gasteiger partial charge in [-0.15, -0.1) is 0 Å². The summed E-state index contributed by atoms with van der Waals surface area (Å²) in [7, 11) is 0. The molecule has 3 aliphatic rings. The van der Waals surface area contributed by atoms with E-state index in [9.17, 15) is 9.90 Å². The van der Waals surface area contributed by atoms with E-state index < -0.39 is 0 Å². The summed E-state index contributed by atoms with van der Waals surface area (Å²) in [6.07, 6.45) is 5.06. The molecule has 4 rings (SSSR count). The number of rotatable bonds is 2. The number of carbonyl (C=O) groups is 1. The molecule has 0 saturated heterocycles. The predicted molar refractivity (Wildman–Crippen MR) is 49.2 cm³/mol. The summed E-state index contributed by atoms with van der Waals surface area (Å²) in [5.74, 6) is 0.706. The molecule has 3 saturated carbocycles. The summed E-state index contributed by atoms with van der Waals surface area (Å²) in [5, 5.41) is 13.7. The van der Waals surface area contributed by atoms with Crippen molar-refractivity contribution in [3.05, 3.63) is 11.9 Å². The first-order valence-corrected chi connectivity index (χ1v) is 4.91. The Labute approximate surface area is 81.5 Å². The third-order valence-corrected chi connectivity index (χ3v) is 3.52. The van der Waals surface area contributed by atoms with Crippen LogP contribution in [-0.4, -0.2) is 20.7 Å². The van der Waals surface area contributed by atoms with Crippen molar-refractivity contribution in [1.29, 1.82) is 0 Å². The van der Waals surface area contributed by atoms with Crippen LogP contribution in [0.1, 0.15) is 36.7 Å². The first-order valence-electron chi connectivity index (χ1n) is 4.91. The van der Waals surface area contributed by atoms with Gasteiger partial charge in [-0.2, -0.15) is 5.10 Å². The summed E-state index contributed by atoms with van der Waals surface area (Å²) >= 11 is 0. The highest BCUT2D eigenvalue weighted by Gasteiger charge is 2.58. The molecule has 1 aromatic heterocycles. The number of hydrogen-bond acceptors (Lipinski definition) is 3. The lowest BCUT2D eigenvalue weighted by Crippen LogP contribution is -2.59. The number of aromatic hydroxyl groups is 1. The zero-order chi connectivity index (χ0) is 9.92. The van der Waals surface area contributed by atoms with Gasteiger partial charge >= 0.3 is 0 Å².